The smallest absolute Gasteiger partial charge is 0.339 e. The molecule has 0 aliphatic carbocycles. The van der Waals surface area contributed by atoms with Crippen molar-refractivity contribution in [2.45, 2.75) is 0 Å². The van der Waals surface area contributed by atoms with Gasteiger partial charge in [-0.3, -0.25) is 4.98 Å². The Balaban J connectivity index is 2.37. The van der Waals surface area contributed by atoms with Gasteiger partial charge in [-0.2, -0.15) is 0 Å². The summed E-state index contributed by atoms with van der Waals surface area (Å²) in [5, 5.41) is 9.27. The van der Waals surface area contributed by atoms with Gasteiger partial charge >= 0.3 is 5.97 Å². The number of rotatable bonds is 3. The molecule has 2 aromatic rings. The largest absolute Gasteiger partial charge is 0.478 e. The highest BCUT2D eigenvalue weighted by atomic mass is 35.5. The second-order valence-corrected chi connectivity index (χ2v) is 3.82. The van der Waals surface area contributed by atoms with Crippen LogP contribution < -0.4 is 4.74 Å². The zero-order chi connectivity index (χ0) is 13.1. The van der Waals surface area contributed by atoms with E-state index in [1.807, 2.05) is 0 Å². The van der Waals surface area contributed by atoms with Gasteiger partial charge in [-0.1, -0.05) is 11.6 Å². The van der Waals surface area contributed by atoms with Crippen molar-refractivity contribution in [3.05, 3.63) is 53.1 Å². The van der Waals surface area contributed by atoms with E-state index in [1.54, 1.807) is 0 Å². The summed E-state index contributed by atoms with van der Waals surface area (Å²) in [6.07, 6.45) is 2.30. The first-order valence-electron chi connectivity index (χ1n) is 4.87. The van der Waals surface area contributed by atoms with Crippen LogP contribution in [0.1, 0.15) is 10.4 Å². The summed E-state index contributed by atoms with van der Waals surface area (Å²) < 4.78 is 18.2. The van der Waals surface area contributed by atoms with Gasteiger partial charge in [0, 0.05) is 11.1 Å². The molecule has 1 aromatic carbocycles. The first-order valence-corrected chi connectivity index (χ1v) is 5.25. The van der Waals surface area contributed by atoms with E-state index in [4.69, 9.17) is 21.4 Å². The lowest BCUT2D eigenvalue weighted by molar-refractivity contribution is 0.0694. The van der Waals surface area contributed by atoms with Crippen LogP contribution in [0.15, 0.2) is 36.7 Å². The predicted molar refractivity (Wildman–Crippen MR) is 62.7 cm³/mol. The van der Waals surface area contributed by atoms with Gasteiger partial charge in [-0.05, 0) is 18.2 Å². The molecule has 0 amide bonds. The molecule has 0 saturated carbocycles. The molecular weight excluding hydrogens is 261 g/mol. The predicted octanol–water partition coefficient (Wildman–Crippen LogP) is 3.36. The first kappa shape index (κ1) is 12.3. The van der Waals surface area contributed by atoms with E-state index in [1.165, 1.54) is 24.4 Å². The third kappa shape index (κ3) is 2.75. The van der Waals surface area contributed by atoms with E-state index < -0.39 is 11.8 Å². The topological polar surface area (TPSA) is 59.4 Å². The quantitative estimate of drug-likeness (QED) is 0.926. The number of pyridine rings is 1. The molecule has 6 heteroatoms. The van der Waals surface area contributed by atoms with Gasteiger partial charge in [-0.25, -0.2) is 9.18 Å². The van der Waals surface area contributed by atoms with Crippen molar-refractivity contribution in [2.75, 3.05) is 0 Å². The molecule has 0 atom stereocenters. The third-order valence-corrected chi connectivity index (χ3v) is 2.31. The fraction of sp³-hybridized carbons (Fsp3) is 0. The Morgan fingerprint density at radius 1 is 1.33 bits per heavy atom. The van der Waals surface area contributed by atoms with Crippen molar-refractivity contribution in [2.24, 2.45) is 0 Å². The SMILES string of the molecule is O=C(O)c1cc(Cl)ccc1Oc1cncc(F)c1. The minimum absolute atomic E-state index is 0.0688. The number of hydrogen-bond donors (Lipinski definition) is 1. The van der Waals surface area contributed by atoms with Gasteiger partial charge in [0.15, 0.2) is 0 Å². The number of benzene rings is 1. The molecule has 18 heavy (non-hydrogen) atoms. The van der Waals surface area contributed by atoms with Gasteiger partial charge < -0.3 is 9.84 Å². The van der Waals surface area contributed by atoms with Crippen molar-refractivity contribution >= 4 is 17.6 Å². The van der Waals surface area contributed by atoms with E-state index in [0.29, 0.717) is 0 Å². The zero-order valence-electron chi connectivity index (χ0n) is 8.93. The summed E-state index contributed by atoms with van der Waals surface area (Å²) in [6, 6.07) is 5.24. The van der Waals surface area contributed by atoms with E-state index in [-0.39, 0.29) is 22.1 Å². The average Bonchev–Trinajstić information content (AvgIpc) is 2.31. The summed E-state index contributed by atoms with van der Waals surface area (Å²) in [6.45, 7) is 0. The lowest BCUT2D eigenvalue weighted by Gasteiger charge is -2.08. The highest BCUT2D eigenvalue weighted by Gasteiger charge is 2.13. The monoisotopic (exact) mass is 267 g/mol. The number of carboxylic acids is 1. The number of halogens is 2. The van der Waals surface area contributed by atoms with E-state index in [0.717, 1.165) is 12.3 Å². The van der Waals surface area contributed by atoms with Gasteiger partial charge in [-0.15, -0.1) is 0 Å². The Morgan fingerprint density at radius 3 is 2.78 bits per heavy atom. The van der Waals surface area contributed by atoms with E-state index in [2.05, 4.69) is 4.98 Å². The molecule has 0 aliphatic rings. The fourth-order valence-corrected chi connectivity index (χ4v) is 1.51. The number of nitrogens with zero attached hydrogens (tertiary/aromatic N) is 1. The highest BCUT2D eigenvalue weighted by molar-refractivity contribution is 6.31. The maximum Gasteiger partial charge on any atom is 0.339 e. The van der Waals surface area contributed by atoms with Crippen LogP contribution in [0.2, 0.25) is 5.02 Å². The molecule has 4 nitrogen and oxygen atoms in total. The van der Waals surface area contributed by atoms with Crippen LogP contribution in [0.4, 0.5) is 4.39 Å². The van der Waals surface area contributed by atoms with Crippen molar-refractivity contribution in [1.82, 2.24) is 4.98 Å². The maximum absolute atomic E-state index is 12.9. The van der Waals surface area contributed by atoms with Crippen LogP contribution in [0.5, 0.6) is 11.5 Å². The molecule has 1 N–H and O–H groups in total. The fourth-order valence-electron chi connectivity index (χ4n) is 1.33. The molecule has 0 unspecified atom stereocenters. The molecule has 0 aliphatic heterocycles. The van der Waals surface area contributed by atoms with Crippen LogP contribution in [-0.4, -0.2) is 16.1 Å². The molecule has 0 fully saturated rings. The number of aromatic nitrogens is 1. The number of carbonyl (C=O) groups is 1. The van der Waals surface area contributed by atoms with Crippen LogP contribution >= 0.6 is 11.6 Å². The highest BCUT2D eigenvalue weighted by Crippen LogP contribution is 2.27. The van der Waals surface area contributed by atoms with E-state index >= 15 is 0 Å². The molecule has 1 aromatic heterocycles. The Morgan fingerprint density at radius 2 is 2.11 bits per heavy atom. The summed E-state index contributed by atoms with van der Waals surface area (Å²) in [5.41, 5.74) is -0.105. The molecule has 0 spiro atoms. The number of hydrogen-bond acceptors (Lipinski definition) is 3. The Hall–Kier alpha value is -2.14. The summed E-state index contributed by atoms with van der Waals surface area (Å²) in [7, 11) is 0. The number of aromatic carboxylic acids is 1. The van der Waals surface area contributed by atoms with Crippen LogP contribution in [0.3, 0.4) is 0 Å². The minimum Gasteiger partial charge on any atom is -0.478 e. The van der Waals surface area contributed by atoms with Crippen LogP contribution in [0, 0.1) is 5.82 Å². The molecule has 2 rings (SSSR count). The van der Waals surface area contributed by atoms with Crippen molar-refractivity contribution in [3.8, 4) is 11.5 Å². The van der Waals surface area contributed by atoms with Crippen molar-refractivity contribution in [1.29, 1.82) is 0 Å². The molecule has 92 valence electrons. The second-order valence-electron chi connectivity index (χ2n) is 3.39. The lowest BCUT2D eigenvalue weighted by Crippen LogP contribution is -2.00. The summed E-state index contributed by atoms with van der Waals surface area (Å²) in [5.74, 6) is -1.57. The van der Waals surface area contributed by atoms with Crippen molar-refractivity contribution in [3.63, 3.8) is 0 Å². The van der Waals surface area contributed by atoms with Crippen LogP contribution in [0.25, 0.3) is 0 Å². The van der Waals surface area contributed by atoms with Gasteiger partial charge in [0.2, 0.25) is 0 Å². The van der Waals surface area contributed by atoms with Gasteiger partial charge in [0.1, 0.15) is 22.9 Å². The molecular formula is C12H7ClFNO3. The van der Waals surface area contributed by atoms with Crippen LogP contribution in [-0.2, 0) is 0 Å². The Labute approximate surface area is 107 Å². The third-order valence-electron chi connectivity index (χ3n) is 2.08. The maximum atomic E-state index is 12.9. The van der Waals surface area contributed by atoms with Crippen molar-refractivity contribution < 1.29 is 19.0 Å². The molecule has 0 bridgehead atoms. The molecule has 0 radical (unpaired) electrons. The number of ether oxygens (including phenoxy) is 1. The lowest BCUT2D eigenvalue weighted by atomic mass is 10.2. The summed E-state index contributed by atoms with van der Waals surface area (Å²) in [4.78, 5) is 14.6. The zero-order valence-corrected chi connectivity index (χ0v) is 9.69. The standard InChI is InChI=1S/C12H7ClFNO3/c13-7-1-2-11(10(3-7)12(16)17)18-9-4-8(14)5-15-6-9/h1-6H,(H,16,17). The van der Waals surface area contributed by atoms with Gasteiger partial charge in [0.25, 0.3) is 0 Å². The normalized spacial score (nSPS) is 10.1. The Bertz CT molecular complexity index is 604. The minimum atomic E-state index is -1.18. The average molecular weight is 268 g/mol. The summed E-state index contributed by atoms with van der Waals surface area (Å²) >= 11 is 5.70. The first-order chi connectivity index (χ1) is 8.56. The van der Waals surface area contributed by atoms with E-state index in [9.17, 15) is 9.18 Å². The molecule has 1 heterocycles. The van der Waals surface area contributed by atoms with Gasteiger partial charge in [0.05, 0.1) is 12.4 Å². The Kier molecular flexibility index (Phi) is 3.43. The second kappa shape index (κ2) is 5.01. The molecule has 0 saturated heterocycles. The number of carboxylic acid groups (broad SMARTS) is 1.